The van der Waals surface area contributed by atoms with Crippen LogP contribution in [0.1, 0.15) is 0 Å². The van der Waals surface area contributed by atoms with E-state index in [9.17, 15) is 0 Å². The second kappa shape index (κ2) is 3.30. The molecule has 0 bridgehead atoms. The van der Waals surface area contributed by atoms with Gasteiger partial charge in [-0.25, -0.2) is 0 Å². The maximum atomic E-state index is 8.69. The van der Waals surface area contributed by atoms with Gasteiger partial charge in [0.25, 0.3) is 0 Å². The van der Waals surface area contributed by atoms with E-state index >= 15 is 0 Å². The molecule has 4 nitrogen and oxygen atoms in total. The maximum absolute atomic E-state index is 8.69. The summed E-state index contributed by atoms with van der Waals surface area (Å²) in [5.41, 5.74) is 0. The van der Waals surface area contributed by atoms with E-state index in [0.29, 0.717) is 0 Å². The first-order chi connectivity index (χ1) is 4.83. The molecular formula is C6H12O4. The van der Waals surface area contributed by atoms with E-state index in [-0.39, 0.29) is 37.9 Å². The summed E-state index contributed by atoms with van der Waals surface area (Å²) in [4.78, 5) is 0. The fourth-order valence-corrected chi connectivity index (χ4v) is 1.17. The molecule has 1 aliphatic heterocycles. The molecule has 1 fully saturated rings. The zero-order valence-electron chi connectivity index (χ0n) is 5.60. The molecule has 4 heteroatoms. The molecule has 1 saturated heterocycles. The maximum Gasteiger partial charge on any atom is 0.0886 e. The highest BCUT2D eigenvalue weighted by atomic mass is 16.5. The highest BCUT2D eigenvalue weighted by Gasteiger charge is 2.40. The minimum absolute atomic E-state index is 0.0313. The van der Waals surface area contributed by atoms with Crippen LogP contribution in [0.2, 0.25) is 0 Å². The summed E-state index contributed by atoms with van der Waals surface area (Å²) in [6, 6.07) is 0. The third-order valence-electron chi connectivity index (χ3n) is 1.88. The molecule has 0 saturated carbocycles. The summed E-state index contributed by atoms with van der Waals surface area (Å²) in [5, 5.41) is 25.9. The Balaban J connectivity index is 2.30. The Bertz CT molecular complexity index is 95.9. The molecule has 0 radical (unpaired) electrons. The summed E-state index contributed by atoms with van der Waals surface area (Å²) < 4.78 is 4.98. The average Bonchev–Trinajstić information content (AvgIpc) is 1.89. The van der Waals surface area contributed by atoms with Crippen molar-refractivity contribution in [3.63, 3.8) is 0 Å². The van der Waals surface area contributed by atoms with E-state index in [2.05, 4.69) is 0 Å². The van der Waals surface area contributed by atoms with Crippen LogP contribution in [-0.4, -0.2) is 47.3 Å². The highest BCUT2D eigenvalue weighted by Crippen LogP contribution is 2.27. The number of aliphatic hydroxyl groups is 3. The number of hydrogen-bond donors (Lipinski definition) is 3. The van der Waals surface area contributed by atoms with Gasteiger partial charge in [0.2, 0.25) is 0 Å². The number of aliphatic hydroxyl groups excluding tert-OH is 3. The third kappa shape index (κ3) is 1.15. The van der Waals surface area contributed by atoms with Crippen molar-refractivity contribution in [2.45, 2.75) is 12.2 Å². The van der Waals surface area contributed by atoms with Crippen molar-refractivity contribution in [3.05, 3.63) is 0 Å². The lowest BCUT2D eigenvalue weighted by Gasteiger charge is -2.42. The molecule has 0 aromatic heterocycles. The van der Waals surface area contributed by atoms with Crippen LogP contribution in [0.3, 0.4) is 0 Å². The molecule has 2 unspecified atom stereocenters. The molecule has 0 amide bonds. The molecule has 0 spiro atoms. The molecule has 1 rings (SSSR count). The van der Waals surface area contributed by atoms with Crippen LogP contribution in [0.5, 0.6) is 0 Å². The monoisotopic (exact) mass is 148 g/mol. The Hall–Kier alpha value is -0.160. The van der Waals surface area contributed by atoms with Gasteiger partial charge in [0.05, 0.1) is 32.0 Å². The van der Waals surface area contributed by atoms with Gasteiger partial charge in [0.1, 0.15) is 0 Å². The van der Waals surface area contributed by atoms with Crippen LogP contribution in [0.15, 0.2) is 0 Å². The van der Waals surface area contributed by atoms with Crippen LogP contribution in [-0.2, 0) is 4.74 Å². The minimum Gasteiger partial charge on any atom is -0.396 e. The van der Waals surface area contributed by atoms with E-state index in [4.69, 9.17) is 20.1 Å². The summed E-state index contributed by atoms with van der Waals surface area (Å²) in [7, 11) is 0. The lowest BCUT2D eigenvalue weighted by molar-refractivity contribution is -0.220. The van der Waals surface area contributed by atoms with E-state index in [0.717, 1.165) is 0 Å². The van der Waals surface area contributed by atoms with Crippen molar-refractivity contribution >= 4 is 0 Å². The van der Waals surface area contributed by atoms with Gasteiger partial charge >= 0.3 is 0 Å². The number of rotatable bonds is 3. The predicted octanol–water partition coefficient (Wildman–Crippen LogP) is -1.65. The van der Waals surface area contributed by atoms with Gasteiger partial charge in [-0.15, -0.1) is 0 Å². The molecule has 0 aromatic carbocycles. The molecule has 0 aromatic rings. The van der Waals surface area contributed by atoms with Crippen molar-refractivity contribution < 1.29 is 20.1 Å². The van der Waals surface area contributed by atoms with Gasteiger partial charge in [-0.2, -0.15) is 0 Å². The fourth-order valence-electron chi connectivity index (χ4n) is 1.17. The fraction of sp³-hybridized carbons (Fsp3) is 1.00. The lowest BCUT2D eigenvalue weighted by atomic mass is 9.91. The van der Waals surface area contributed by atoms with Crippen LogP contribution >= 0.6 is 0 Å². The Labute approximate surface area is 59.1 Å². The highest BCUT2D eigenvalue weighted by molar-refractivity contribution is 4.86. The molecule has 10 heavy (non-hydrogen) atoms. The molecule has 3 N–H and O–H groups in total. The van der Waals surface area contributed by atoms with E-state index < -0.39 is 0 Å². The molecule has 1 heterocycles. The van der Waals surface area contributed by atoms with Crippen molar-refractivity contribution in [1.82, 2.24) is 0 Å². The first-order valence-corrected chi connectivity index (χ1v) is 3.31. The molecule has 0 aliphatic carbocycles. The first-order valence-electron chi connectivity index (χ1n) is 3.31. The van der Waals surface area contributed by atoms with Gasteiger partial charge in [0.15, 0.2) is 0 Å². The van der Waals surface area contributed by atoms with Gasteiger partial charge in [-0.1, -0.05) is 0 Å². The Kier molecular flexibility index (Phi) is 2.62. The predicted molar refractivity (Wildman–Crippen MR) is 33.4 cm³/mol. The van der Waals surface area contributed by atoms with Crippen LogP contribution in [0.25, 0.3) is 0 Å². The van der Waals surface area contributed by atoms with Crippen molar-refractivity contribution in [3.8, 4) is 0 Å². The Morgan fingerprint density at radius 2 is 1.40 bits per heavy atom. The summed E-state index contributed by atoms with van der Waals surface area (Å²) >= 11 is 0. The van der Waals surface area contributed by atoms with Crippen LogP contribution in [0, 0.1) is 5.92 Å². The molecular weight excluding hydrogens is 136 g/mol. The molecule has 2 atom stereocenters. The van der Waals surface area contributed by atoms with Crippen LogP contribution < -0.4 is 0 Å². The SMILES string of the molecule is OCC1OC(CO)C1CO. The number of hydrogen-bond acceptors (Lipinski definition) is 4. The number of ether oxygens (including phenoxy) is 1. The minimum atomic E-state index is -0.276. The second-order valence-electron chi connectivity index (χ2n) is 2.42. The van der Waals surface area contributed by atoms with E-state index in [1.54, 1.807) is 0 Å². The zero-order chi connectivity index (χ0) is 7.56. The van der Waals surface area contributed by atoms with Crippen molar-refractivity contribution in [1.29, 1.82) is 0 Å². The average molecular weight is 148 g/mol. The largest absolute Gasteiger partial charge is 0.396 e. The normalized spacial score (nSPS) is 39.3. The van der Waals surface area contributed by atoms with Crippen molar-refractivity contribution in [2.75, 3.05) is 19.8 Å². The van der Waals surface area contributed by atoms with Gasteiger partial charge in [0, 0.05) is 5.92 Å². The third-order valence-corrected chi connectivity index (χ3v) is 1.88. The quantitative estimate of drug-likeness (QED) is 0.448. The van der Waals surface area contributed by atoms with Gasteiger partial charge in [-0.3, -0.25) is 0 Å². The smallest absolute Gasteiger partial charge is 0.0886 e. The van der Waals surface area contributed by atoms with Crippen LogP contribution in [0.4, 0.5) is 0 Å². The van der Waals surface area contributed by atoms with E-state index in [1.165, 1.54) is 0 Å². The summed E-state index contributed by atoms with van der Waals surface area (Å²) in [6.07, 6.45) is -0.552. The Morgan fingerprint density at radius 3 is 1.70 bits per heavy atom. The first kappa shape index (κ1) is 7.94. The van der Waals surface area contributed by atoms with Gasteiger partial charge in [-0.05, 0) is 0 Å². The second-order valence-corrected chi connectivity index (χ2v) is 2.42. The molecule has 60 valence electrons. The lowest BCUT2D eigenvalue weighted by Crippen LogP contribution is -2.54. The van der Waals surface area contributed by atoms with Gasteiger partial charge < -0.3 is 20.1 Å². The molecule has 1 aliphatic rings. The topological polar surface area (TPSA) is 69.9 Å². The summed E-state index contributed by atoms with van der Waals surface area (Å²) in [5.74, 6) is -0.0880. The van der Waals surface area contributed by atoms with Crippen molar-refractivity contribution in [2.24, 2.45) is 5.92 Å². The standard InChI is InChI=1S/C6H12O4/c7-1-4-5(2-8)10-6(4)3-9/h4-9H,1-3H2. The summed E-state index contributed by atoms with van der Waals surface area (Å²) in [6.45, 7) is -0.195. The van der Waals surface area contributed by atoms with E-state index in [1.807, 2.05) is 0 Å². The zero-order valence-corrected chi connectivity index (χ0v) is 5.60. The Morgan fingerprint density at radius 1 is 0.900 bits per heavy atom.